The summed E-state index contributed by atoms with van der Waals surface area (Å²) in [6.45, 7) is 8.83. The van der Waals surface area contributed by atoms with E-state index >= 15 is 0 Å². The highest BCUT2D eigenvalue weighted by atomic mass is 32.2. The second-order valence-electron chi connectivity index (χ2n) is 6.59. The lowest BCUT2D eigenvalue weighted by Crippen LogP contribution is -2.48. The van der Waals surface area contributed by atoms with Crippen LogP contribution in [-0.2, 0) is 9.84 Å². The second-order valence-corrected chi connectivity index (χ2v) is 8.78. The van der Waals surface area contributed by atoms with Gasteiger partial charge >= 0.3 is 0 Å². The van der Waals surface area contributed by atoms with Crippen molar-refractivity contribution in [2.45, 2.75) is 59.0 Å². The first-order valence-corrected chi connectivity index (χ1v) is 9.19. The highest BCUT2D eigenvalue weighted by Crippen LogP contribution is 2.33. The first-order valence-electron chi connectivity index (χ1n) is 7.12. The molecule has 4 unspecified atom stereocenters. The maximum Gasteiger partial charge on any atom is 0.148 e. The Morgan fingerprint density at radius 1 is 1.22 bits per heavy atom. The molecule has 1 aliphatic carbocycles. The minimum atomic E-state index is -2.89. The van der Waals surface area contributed by atoms with Crippen LogP contribution in [0.4, 0.5) is 0 Å². The summed E-state index contributed by atoms with van der Waals surface area (Å²) >= 11 is 0. The van der Waals surface area contributed by atoms with Gasteiger partial charge in [-0.1, -0.05) is 27.2 Å². The Labute approximate surface area is 113 Å². The van der Waals surface area contributed by atoms with Gasteiger partial charge in [0.15, 0.2) is 0 Å². The van der Waals surface area contributed by atoms with E-state index in [-0.39, 0.29) is 11.8 Å². The van der Waals surface area contributed by atoms with Gasteiger partial charge in [0, 0.05) is 18.3 Å². The summed E-state index contributed by atoms with van der Waals surface area (Å²) in [5, 5.41) is 3.56. The van der Waals surface area contributed by atoms with Crippen LogP contribution in [0.1, 0.15) is 47.0 Å². The lowest BCUT2D eigenvalue weighted by Gasteiger charge is -2.39. The molecule has 1 aliphatic rings. The third-order valence-corrected chi connectivity index (χ3v) is 5.18. The summed E-state index contributed by atoms with van der Waals surface area (Å²) in [5.41, 5.74) is 0. The minimum absolute atomic E-state index is 0.0524. The molecule has 0 aromatic carbocycles. The van der Waals surface area contributed by atoms with Crippen LogP contribution >= 0.6 is 0 Å². The van der Waals surface area contributed by atoms with Gasteiger partial charge < -0.3 is 5.32 Å². The van der Waals surface area contributed by atoms with Crippen molar-refractivity contribution in [1.29, 1.82) is 0 Å². The van der Waals surface area contributed by atoms with Crippen LogP contribution in [0.15, 0.2) is 0 Å². The molecule has 3 nitrogen and oxygen atoms in total. The fourth-order valence-corrected chi connectivity index (χ4v) is 4.27. The molecule has 18 heavy (non-hydrogen) atoms. The molecule has 0 bridgehead atoms. The van der Waals surface area contributed by atoms with Gasteiger partial charge in [0.1, 0.15) is 9.84 Å². The average molecular weight is 275 g/mol. The van der Waals surface area contributed by atoms with Gasteiger partial charge in [0.25, 0.3) is 0 Å². The van der Waals surface area contributed by atoms with Crippen molar-refractivity contribution in [3.63, 3.8) is 0 Å². The molecule has 1 N–H and O–H groups in total. The summed E-state index contributed by atoms with van der Waals surface area (Å²) in [5.74, 6) is 2.34. The van der Waals surface area contributed by atoms with Crippen LogP contribution < -0.4 is 5.32 Å². The van der Waals surface area contributed by atoms with E-state index in [1.54, 1.807) is 0 Å². The molecule has 0 heterocycles. The van der Waals surface area contributed by atoms with E-state index in [2.05, 4.69) is 26.1 Å². The van der Waals surface area contributed by atoms with Gasteiger partial charge in [0.05, 0.1) is 5.75 Å². The standard InChI is InChI=1S/C14H29NO2S/c1-10(2)13-7-6-11(3)8-14(13)15-12(4)9-18(5,16)17/h10-15H,6-9H2,1-5H3. The summed E-state index contributed by atoms with van der Waals surface area (Å²) in [7, 11) is -2.89. The Morgan fingerprint density at radius 3 is 2.33 bits per heavy atom. The third-order valence-electron chi connectivity index (χ3n) is 4.07. The fourth-order valence-electron chi connectivity index (χ4n) is 3.26. The lowest BCUT2D eigenvalue weighted by molar-refractivity contribution is 0.163. The summed E-state index contributed by atoms with van der Waals surface area (Å²) in [6, 6.07) is 0.530. The first kappa shape index (κ1) is 16.0. The number of nitrogens with one attached hydrogen (secondary N) is 1. The molecule has 0 spiro atoms. The van der Waals surface area contributed by atoms with E-state index in [1.165, 1.54) is 25.5 Å². The summed E-state index contributed by atoms with van der Waals surface area (Å²) < 4.78 is 22.6. The van der Waals surface area contributed by atoms with E-state index in [0.29, 0.717) is 17.9 Å². The molecule has 0 saturated heterocycles. The van der Waals surface area contributed by atoms with Crippen LogP contribution in [0, 0.1) is 17.8 Å². The summed E-state index contributed by atoms with van der Waals surface area (Å²) in [6.07, 6.45) is 5.06. The zero-order valence-corrected chi connectivity index (χ0v) is 13.3. The Hall–Kier alpha value is -0.0900. The van der Waals surface area contributed by atoms with Crippen LogP contribution in [0.25, 0.3) is 0 Å². The molecule has 0 amide bonds. The highest BCUT2D eigenvalue weighted by molar-refractivity contribution is 7.90. The van der Waals surface area contributed by atoms with Gasteiger partial charge in [-0.3, -0.25) is 0 Å². The van der Waals surface area contributed by atoms with Crippen molar-refractivity contribution in [3.8, 4) is 0 Å². The lowest BCUT2D eigenvalue weighted by atomic mass is 9.74. The largest absolute Gasteiger partial charge is 0.310 e. The van der Waals surface area contributed by atoms with Crippen molar-refractivity contribution >= 4 is 9.84 Å². The van der Waals surface area contributed by atoms with Crippen molar-refractivity contribution in [2.75, 3.05) is 12.0 Å². The van der Waals surface area contributed by atoms with Gasteiger partial charge in [-0.25, -0.2) is 8.42 Å². The molecular formula is C14H29NO2S. The zero-order chi connectivity index (χ0) is 13.9. The van der Waals surface area contributed by atoms with E-state index in [0.717, 1.165) is 5.92 Å². The second kappa shape index (κ2) is 6.38. The Balaban J connectivity index is 2.60. The van der Waals surface area contributed by atoms with Gasteiger partial charge in [0.2, 0.25) is 0 Å². The molecular weight excluding hydrogens is 246 g/mol. The third kappa shape index (κ3) is 5.27. The van der Waals surface area contributed by atoms with Crippen LogP contribution in [0.2, 0.25) is 0 Å². The Bertz CT molecular complexity index is 351. The Kier molecular flexibility index (Phi) is 5.66. The molecule has 4 heteroatoms. The molecule has 1 rings (SSSR count). The van der Waals surface area contributed by atoms with Crippen molar-refractivity contribution < 1.29 is 8.42 Å². The normalized spacial score (nSPS) is 31.6. The van der Waals surface area contributed by atoms with E-state index in [1.807, 2.05) is 6.92 Å². The fraction of sp³-hybridized carbons (Fsp3) is 1.00. The molecule has 0 aromatic rings. The van der Waals surface area contributed by atoms with Crippen LogP contribution in [0.3, 0.4) is 0 Å². The first-order chi connectivity index (χ1) is 8.19. The van der Waals surface area contributed by atoms with E-state index in [4.69, 9.17) is 0 Å². The Morgan fingerprint density at radius 2 is 1.83 bits per heavy atom. The molecule has 0 aromatic heterocycles. The van der Waals surface area contributed by atoms with Crippen molar-refractivity contribution in [1.82, 2.24) is 5.32 Å². The molecule has 0 aliphatic heterocycles. The number of hydrogen-bond donors (Lipinski definition) is 1. The zero-order valence-electron chi connectivity index (χ0n) is 12.4. The predicted molar refractivity (Wildman–Crippen MR) is 77.4 cm³/mol. The van der Waals surface area contributed by atoms with Gasteiger partial charge in [-0.2, -0.15) is 0 Å². The van der Waals surface area contributed by atoms with Gasteiger partial charge in [-0.15, -0.1) is 0 Å². The van der Waals surface area contributed by atoms with Crippen molar-refractivity contribution in [2.24, 2.45) is 17.8 Å². The monoisotopic (exact) mass is 275 g/mol. The number of sulfone groups is 1. The average Bonchev–Trinajstić information content (AvgIpc) is 2.13. The number of hydrogen-bond acceptors (Lipinski definition) is 3. The predicted octanol–water partition coefficient (Wildman–Crippen LogP) is 2.47. The van der Waals surface area contributed by atoms with E-state index < -0.39 is 9.84 Å². The molecule has 4 atom stereocenters. The van der Waals surface area contributed by atoms with Gasteiger partial charge in [-0.05, 0) is 37.5 Å². The molecule has 1 fully saturated rings. The highest BCUT2D eigenvalue weighted by Gasteiger charge is 2.31. The smallest absolute Gasteiger partial charge is 0.148 e. The quantitative estimate of drug-likeness (QED) is 0.838. The van der Waals surface area contributed by atoms with E-state index in [9.17, 15) is 8.42 Å². The molecule has 108 valence electrons. The number of rotatable bonds is 5. The SMILES string of the molecule is CC1CCC(C(C)C)C(NC(C)CS(C)(=O)=O)C1. The maximum atomic E-state index is 11.3. The van der Waals surface area contributed by atoms with Crippen molar-refractivity contribution in [3.05, 3.63) is 0 Å². The molecule has 1 saturated carbocycles. The van der Waals surface area contributed by atoms with Crippen LogP contribution in [0.5, 0.6) is 0 Å². The minimum Gasteiger partial charge on any atom is -0.310 e. The maximum absolute atomic E-state index is 11.3. The molecule has 0 radical (unpaired) electrons. The topological polar surface area (TPSA) is 46.2 Å². The van der Waals surface area contributed by atoms with Crippen LogP contribution in [-0.4, -0.2) is 32.5 Å². The summed E-state index contributed by atoms with van der Waals surface area (Å²) in [4.78, 5) is 0.